The number of hydrogen-bond acceptors (Lipinski definition) is 5. The second-order valence-corrected chi connectivity index (χ2v) is 7.91. The van der Waals surface area contributed by atoms with Crippen molar-refractivity contribution in [3.63, 3.8) is 0 Å². The second-order valence-electron chi connectivity index (χ2n) is 7.91. The summed E-state index contributed by atoms with van der Waals surface area (Å²) in [5.41, 5.74) is 1.89. The molecule has 1 aliphatic heterocycles. The van der Waals surface area contributed by atoms with E-state index in [-0.39, 0.29) is 11.9 Å². The first-order valence-corrected chi connectivity index (χ1v) is 10.3. The van der Waals surface area contributed by atoms with Gasteiger partial charge in [-0.25, -0.2) is 4.79 Å². The van der Waals surface area contributed by atoms with Gasteiger partial charge < -0.3 is 25.0 Å². The number of carbonyl (C=O) groups is 2. The number of ether oxygens (including phenoxy) is 2. The van der Waals surface area contributed by atoms with Crippen LogP contribution in [-0.2, 0) is 14.3 Å². The number of methoxy groups -OCH3 is 1. The SMILES string of the molecule is COC(c1ccc(C)cc1)[C@@H](C#N)NC(=O)[C@H](CC(C)C)NC(=O)N1CCOCC1. The molecule has 1 aliphatic rings. The van der Waals surface area contributed by atoms with Gasteiger partial charge in [0.15, 0.2) is 0 Å². The molecule has 8 nitrogen and oxygen atoms in total. The van der Waals surface area contributed by atoms with E-state index >= 15 is 0 Å². The summed E-state index contributed by atoms with van der Waals surface area (Å²) in [6, 6.07) is 7.82. The number of nitrogens with zero attached hydrogens (tertiary/aromatic N) is 2. The largest absolute Gasteiger partial charge is 0.378 e. The maximum Gasteiger partial charge on any atom is 0.318 e. The number of amides is 3. The number of hydrogen-bond donors (Lipinski definition) is 2. The van der Waals surface area contributed by atoms with Crippen molar-refractivity contribution in [1.29, 1.82) is 5.26 Å². The predicted octanol–water partition coefficient (Wildman–Crippen LogP) is 2.15. The monoisotopic (exact) mass is 416 g/mol. The van der Waals surface area contributed by atoms with Gasteiger partial charge >= 0.3 is 6.03 Å². The Labute approximate surface area is 178 Å². The minimum Gasteiger partial charge on any atom is -0.378 e. The molecular weight excluding hydrogens is 384 g/mol. The molecule has 2 rings (SSSR count). The van der Waals surface area contributed by atoms with Crippen LogP contribution in [0.3, 0.4) is 0 Å². The summed E-state index contributed by atoms with van der Waals surface area (Å²) in [5, 5.41) is 15.3. The van der Waals surface area contributed by atoms with E-state index in [2.05, 4.69) is 16.7 Å². The van der Waals surface area contributed by atoms with Gasteiger partial charge in [-0.2, -0.15) is 5.26 Å². The number of nitriles is 1. The van der Waals surface area contributed by atoms with Crippen LogP contribution in [0, 0.1) is 24.2 Å². The summed E-state index contributed by atoms with van der Waals surface area (Å²) in [4.78, 5) is 27.2. The third-order valence-corrected chi connectivity index (χ3v) is 5.02. The minimum atomic E-state index is -0.889. The Balaban J connectivity index is 2.10. The normalized spacial score (nSPS) is 17.0. The number of aryl methyl sites for hydroxylation is 1. The van der Waals surface area contributed by atoms with Crippen molar-refractivity contribution >= 4 is 11.9 Å². The maximum absolute atomic E-state index is 13.0. The number of nitrogens with one attached hydrogen (secondary N) is 2. The van der Waals surface area contributed by atoms with Crippen LogP contribution in [0.1, 0.15) is 37.5 Å². The minimum absolute atomic E-state index is 0.182. The molecule has 0 spiro atoms. The molecule has 164 valence electrons. The Bertz CT molecular complexity index is 738. The van der Waals surface area contributed by atoms with Crippen LogP contribution < -0.4 is 10.6 Å². The zero-order valence-electron chi connectivity index (χ0n) is 18.2. The average molecular weight is 417 g/mol. The van der Waals surface area contributed by atoms with Gasteiger partial charge in [0.2, 0.25) is 5.91 Å². The number of benzene rings is 1. The van der Waals surface area contributed by atoms with Gasteiger partial charge in [-0.1, -0.05) is 43.7 Å². The van der Waals surface area contributed by atoms with E-state index in [1.54, 1.807) is 4.90 Å². The summed E-state index contributed by atoms with van der Waals surface area (Å²) in [6.07, 6.45) is -0.156. The van der Waals surface area contributed by atoms with Gasteiger partial charge in [0.1, 0.15) is 18.2 Å². The number of rotatable bonds is 8. The summed E-state index contributed by atoms with van der Waals surface area (Å²) in [5.74, 6) is -0.215. The standard InChI is InChI=1S/C22H32N4O4/c1-15(2)13-18(25-22(28)26-9-11-30-12-10-26)21(27)24-19(14-23)20(29-4)17-7-5-16(3)6-8-17/h5-8,15,18-20H,9-13H2,1-4H3,(H,24,27)(H,25,28)/t18-,19+,20?/m0/s1. The van der Waals surface area contributed by atoms with Crippen molar-refractivity contribution in [2.45, 2.75) is 45.4 Å². The topological polar surface area (TPSA) is 104 Å². The van der Waals surface area contributed by atoms with Crippen molar-refractivity contribution in [2.24, 2.45) is 5.92 Å². The molecule has 0 radical (unpaired) electrons. The van der Waals surface area contributed by atoms with E-state index in [1.807, 2.05) is 45.0 Å². The van der Waals surface area contributed by atoms with Crippen molar-refractivity contribution in [3.05, 3.63) is 35.4 Å². The second kappa shape index (κ2) is 11.5. The highest BCUT2D eigenvalue weighted by atomic mass is 16.5. The van der Waals surface area contributed by atoms with Crippen LogP contribution in [0.2, 0.25) is 0 Å². The highest BCUT2D eigenvalue weighted by molar-refractivity contribution is 5.87. The van der Waals surface area contributed by atoms with Crippen LogP contribution in [0.15, 0.2) is 24.3 Å². The zero-order chi connectivity index (χ0) is 22.1. The Morgan fingerprint density at radius 2 is 1.83 bits per heavy atom. The van der Waals surface area contributed by atoms with Crippen LogP contribution in [0.5, 0.6) is 0 Å². The smallest absolute Gasteiger partial charge is 0.318 e. The van der Waals surface area contributed by atoms with E-state index in [1.165, 1.54) is 7.11 Å². The lowest BCUT2D eigenvalue weighted by Crippen LogP contribution is -2.55. The first-order chi connectivity index (χ1) is 14.3. The molecule has 0 bridgehead atoms. The molecule has 8 heteroatoms. The van der Waals surface area contributed by atoms with Crippen LogP contribution in [-0.4, -0.2) is 62.3 Å². The summed E-state index contributed by atoms with van der Waals surface area (Å²) in [6.45, 7) is 7.88. The molecular formula is C22H32N4O4. The van der Waals surface area contributed by atoms with Gasteiger partial charge in [-0.05, 0) is 24.8 Å². The fraction of sp³-hybridized carbons (Fsp3) is 0.591. The lowest BCUT2D eigenvalue weighted by molar-refractivity contribution is -0.124. The van der Waals surface area contributed by atoms with Crippen molar-refractivity contribution < 1.29 is 19.1 Å². The third-order valence-electron chi connectivity index (χ3n) is 5.02. The van der Waals surface area contributed by atoms with Crippen LogP contribution in [0.4, 0.5) is 4.79 Å². The fourth-order valence-electron chi connectivity index (χ4n) is 3.36. The molecule has 1 unspecified atom stereocenters. The molecule has 0 aromatic heterocycles. The van der Waals surface area contributed by atoms with E-state index in [9.17, 15) is 14.9 Å². The molecule has 1 aromatic rings. The predicted molar refractivity (Wildman–Crippen MR) is 113 cm³/mol. The van der Waals surface area contributed by atoms with Crippen LogP contribution >= 0.6 is 0 Å². The summed E-state index contributed by atoms with van der Waals surface area (Å²) < 4.78 is 10.8. The first kappa shape index (κ1) is 23.6. The van der Waals surface area contributed by atoms with Crippen LogP contribution in [0.25, 0.3) is 0 Å². The number of carbonyl (C=O) groups excluding carboxylic acids is 2. The zero-order valence-corrected chi connectivity index (χ0v) is 18.2. The molecule has 30 heavy (non-hydrogen) atoms. The van der Waals surface area contributed by atoms with E-state index in [0.717, 1.165) is 11.1 Å². The quantitative estimate of drug-likeness (QED) is 0.676. The van der Waals surface area contributed by atoms with Crippen molar-refractivity contribution in [2.75, 3.05) is 33.4 Å². The van der Waals surface area contributed by atoms with Gasteiger partial charge in [-0.15, -0.1) is 0 Å². The lowest BCUT2D eigenvalue weighted by atomic mass is 9.99. The van der Waals surface area contributed by atoms with Gasteiger partial charge in [0.25, 0.3) is 0 Å². The number of urea groups is 1. The maximum atomic E-state index is 13.0. The molecule has 1 saturated heterocycles. The van der Waals surface area contributed by atoms with Gasteiger partial charge in [-0.3, -0.25) is 4.79 Å². The molecule has 3 atom stereocenters. The average Bonchev–Trinajstić information content (AvgIpc) is 2.74. The Kier molecular flexibility index (Phi) is 9.09. The van der Waals surface area contributed by atoms with Gasteiger partial charge in [0.05, 0.1) is 19.3 Å². The Morgan fingerprint density at radius 3 is 2.37 bits per heavy atom. The third kappa shape index (κ3) is 6.71. The molecule has 1 heterocycles. The van der Waals surface area contributed by atoms with Crippen molar-refractivity contribution in [3.8, 4) is 6.07 Å². The Hall–Kier alpha value is -2.63. The highest BCUT2D eigenvalue weighted by Crippen LogP contribution is 2.21. The lowest BCUT2D eigenvalue weighted by Gasteiger charge is -2.30. The van der Waals surface area contributed by atoms with E-state index < -0.39 is 24.1 Å². The molecule has 2 N–H and O–H groups in total. The molecule has 0 saturated carbocycles. The fourth-order valence-corrected chi connectivity index (χ4v) is 3.36. The van der Waals surface area contributed by atoms with Gasteiger partial charge in [0, 0.05) is 20.2 Å². The summed E-state index contributed by atoms with van der Waals surface area (Å²) >= 11 is 0. The van der Waals surface area contributed by atoms with E-state index in [0.29, 0.717) is 32.7 Å². The highest BCUT2D eigenvalue weighted by Gasteiger charge is 2.30. The van der Waals surface area contributed by atoms with E-state index in [4.69, 9.17) is 9.47 Å². The summed E-state index contributed by atoms with van der Waals surface area (Å²) in [7, 11) is 1.51. The molecule has 1 fully saturated rings. The Morgan fingerprint density at radius 1 is 1.20 bits per heavy atom. The van der Waals surface area contributed by atoms with Crippen molar-refractivity contribution in [1.82, 2.24) is 15.5 Å². The molecule has 0 aliphatic carbocycles. The molecule has 3 amide bonds. The first-order valence-electron chi connectivity index (χ1n) is 10.3. The molecule has 1 aromatic carbocycles. The number of morpholine rings is 1.